The van der Waals surface area contributed by atoms with Gasteiger partial charge in [-0.05, 0) is 80.5 Å². The highest BCUT2D eigenvalue weighted by Crippen LogP contribution is 2.46. The lowest BCUT2D eigenvalue weighted by atomic mass is 9.77. The third-order valence-electron chi connectivity index (χ3n) is 12.9. The van der Waals surface area contributed by atoms with Crippen LogP contribution in [0.25, 0.3) is 4.85 Å². The van der Waals surface area contributed by atoms with Crippen molar-refractivity contribution in [1.29, 1.82) is 0 Å². The van der Waals surface area contributed by atoms with Gasteiger partial charge in [0.15, 0.2) is 11.6 Å². The second-order valence-electron chi connectivity index (χ2n) is 16.4. The third-order valence-corrected chi connectivity index (χ3v) is 13.2. The zero-order chi connectivity index (χ0) is 38.7. The molecule has 1 N–H and O–H groups in total. The quantitative estimate of drug-likeness (QED) is 0.274. The smallest absolute Gasteiger partial charge is 0.262 e. The number of halogens is 1. The van der Waals surface area contributed by atoms with Crippen molar-refractivity contribution in [2.45, 2.75) is 51.1 Å². The summed E-state index contributed by atoms with van der Waals surface area (Å²) in [6.45, 7) is 18.9. The summed E-state index contributed by atoms with van der Waals surface area (Å²) in [6, 6.07) is 14.8. The number of fused-ring (bicyclic) bond motifs is 1. The first-order valence-corrected chi connectivity index (χ1v) is 20.1. The molecule has 2 atom stereocenters. The Morgan fingerprint density at radius 3 is 2.18 bits per heavy atom. The van der Waals surface area contributed by atoms with Gasteiger partial charge in [0.1, 0.15) is 6.04 Å². The minimum absolute atomic E-state index is 0.0993. The van der Waals surface area contributed by atoms with Gasteiger partial charge in [0.05, 0.1) is 17.7 Å². The van der Waals surface area contributed by atoms with Crippen molar-refractivity contribution in [2.75, 3.05) is 85.0 Å². The lowest BCUT2D eigenvalue weighted by Gasteiger charge is -2.45. The Kier molecular flexibility index (Phi) is 9.32. The zero-order valence-electron chi connectivity index (χ0n) is 31.5. The molecule has 15 heteroatoms. The molecule has 56 heavy (non-hydrogen) atoms. The number of piperidine rings is 2. The van der Waals surface area contributed by atoms with Gasteiger partial charge in [0.2, 0.25) is 17.5 Å². The van der Waals surface area contributed by atoms with Gasteiger partial charge < -0.3 is 19.6 Å². The lowest BCUT2D eigenvalue weighted by Crippen LogP contribution is -2.55. The average Bonchev–Trinajstić information content (AvgIpc) is 3.64. The van der Waals surface area contributed by atoms with E-state index in [0.29, 0.717) is 33.8 Å². The van der Waals surface area contributed by atoms with Crippen molar-refractivity contribution in [2.24, 2.45) is 11.3 Å². The molecule has 2 aromatic carbocycles. The Morgan fingerprint density at radius 1 is 0.839 bits per heavy atom. The van der Waals surface area contributed by atoms with Crippen LogP contribution >= 0.6 is 11.6 Å². The molecule has 9 rings (SSSR count). The molecule has 0 radical (unpaired) electrons. The van der Waals surface area contributed by atoms with Crippen molar-refractivity contribution in [3.8, 4) is 0 Å². The molecule has 1 spiro atoms. The minimum atomic E-state index is -0.962. The number of amides is 4. The molecule has 4 amide bonds. The summed E-state index contributed by atoms with van der Waals surface area (Å²) >= 11 is 6.38. The molecule has 6 aliphatic rings. The number of aromatic nitrogens is 2. The third kappa shape index (κ3) is 6.60. The molecular formula is C41H45ClN10O4. The number of hydrogen-bond acceptors (Lipinski definition) is 11. The molecule has 0 bridgehead atoms. The number of carbonyl (C=O) groups excluding carboxylic acids is 4. The molecule has 1 aromatic heterocycles. The Balaban J connectivity index is 0.725. The summed E-state index contributed by atoms with van der Waals surface area (Å²) in [6.07, 6.45) is 3.59. The van der Waals surface area contributed by atoms with E-state index < -0.39 is 23.8 Å². The van der Waals surface area contributed by atoms with E-state index >= 15 is 0 Å². The number of rotatable bonds is 7. The number of nitrogens with zero attached hydrogens (tertiary/aromatic N) is 9. The molecule has 5 saturated heterocycles. The van der Waals surface area contributed by atoms with Crippen LogP contribution < -0.4 is 24.9 Å². The number of piperazine rings is 1. The van der Waals surface area contributed by atoms with Crippen LogP contribution in [0.2, 0.25) is 5.02 Å². The van der Waals surface area contributed by atoms with Crippen molar-refractivity contribution in [1.82, 2.24) is 25.3 Å². The number of anilines is 4. The minimum Gasteiger partial charge on any atom is -0.371 e. The number of benzene rings is 2. The summed E-state index contributed by atoms with van der Waals surface area (Å²) in [4.78, 5) is 66.8. The summed E-state index contributed by atoms with van der Waals surface area (Å²) in [5.41, 5.74) is 3.37. The maximum absolute atomic E-state index is 13.3. The SMILES string of the molecule is [C-]#[N+]c1ccc(N2CC3(CCN(c4ccc(N5CCN(CC6CN(c7ccc8c(c7)C(=O)N(C7CCC(=O)NC7=O)C8=O)C6)CC5)nn4)CC3)C[C@@H]2C)cc1Cl. The van der Waals surface area contributed by atoms with E-state index in [1.54, 1.807) is 12.1 Å². The van der Waals surface area contributed by atoms with E-state index in [1.165, 1.54) is 0 Å². The standard InChI is InChI=1S/C41H45ClN10O4/c1-26-21-41(25-51(26)29-4-6-33(43-2)32(42)20-29)11-13-48(14-12-41)35-8-9-36(46-45-35)49-17-15-47(16-18-49)22-27-23-50(24-27)28-3-5-30-31(19-28)40(56)52(39(30)55)34-7-10-37(53)44-38(34)54/h3-6,8-9,19-20,26-27,34H,7,10-18,21-25H2,1H3,(H,44,53,54)/t26-,34?/m0/s1. The maximum atomic E-state index is 13.3. The fourth-order valence-corrected chi connectivity index (χ4v) is 9.95. The first kappa shape index (κ1) is 36.4. The van der Waals surface area contributed by atoms with Crippen LogP contribution in [0.1, 0.15) is 59.7 Å². The summed E-state index contributed by atoms with van der Waals surface area (Å²) < 4.78 is 0. The van der Waals surface area contributed by atoms with E-state index in [0.717, 1.165) is 113 Å². The second-order valence-corrected chi connectivity index (χ2v) is 16.8. The maximum Gasteiger partial charge on any atom is 0.262 e. The van der Waals surface area contributed by atoms with Gasteiger partial charge >= 0.3 is 0 Å². The predicted molar refractivity (Wildman–Crippen MR) is 213 cm³/mol. The fraction of sp³-hybridized carbons (Fsp3) is 0.488. The van der Waals surface area contributed by atoms with Crippen molar-refractivity contribution < 1.29 is 19.2 Å². The Morgan fingerprint density at radius 2 is 1.52 bits per heavy atom. The van der Waals surface area contributed by atoms with E-state index in [9.17, 15) is 19.2 Å². The monoisotopic (exact) mass is 776 g/mol. The number of hydrogen-bond donors (Lipinski definition) is 1. The van der Waals surface area contributed by atoms with Gasteiger partial charge in [-0.3, -0.25) is 34.3 Å². The van der Waals surface area contributed by atoms with Crippen LogP contribution in [0.3, 0.4) is 0 Å². The molecule has 3 aromatic rings. The summed E-state index contributed by atoms with van der Waals surface area (Å²) in [5.74, 6) is 0.411. The Bertz CT molecular complexity index is 2120. The molecule has 290 valence electrons. The lowest BCUT2D eigenvalue weighted by molar-refractivity contribution is -0.136. The van der Waals surface area contributed by atoms with E-state index in [4.69, 9.17) is 18.2 Å². The molecule has 0 aliphatic carbocycles. The van der Waals surface area contributed by atoms with Gasteiger partial charge in [-0.1, -0.05) is 17.7 Å². The van der Waals surface area contributed by atoms with E-state index in [2.05, 4.69) is 63.9 Å². The molecule has 5 fully saturated rings. The molecular weight excluding hydrogens is 732 g/mol. The fourth-order valence-electron chi connectivity index (χ4n) is 9.73. The van der Waals surface area contributed by atoms with Crippen molar-refractivity contribution >= 4 is 63.9 Å². The van der Waals surface area contributed by atoms with E-state index in [1.807, 2.05) is 24.3 Å². The normalized spacial score (nSPS) is 24.1. The Hall–Kier alpha value is -5.26. The molecule has 1 unspecified atom stereocenters. The first-order valence-electron chi connectivity index (χ1n) is 19.7. The van der Waals surface area contributed by atoms with Crippen LogP contribution in [0.4, 0.5) is 28.7 Å². The van der Waals surface area contributed by atoms with Gasteiger partial charge in [0, 0.05) is 100 Å². The topological polar surface area (TPSA) is 130 Å². The predicted octanol–water partition coefficient (Wildman–Crippen LogP) is 4.23. The van der Waals surface area contributed by atoms with Crippen molar-refractivity contribution in [3.63, 3.8) is 0 Å². The first-order chi connectivity index (χ1) is 27.1. The Labute approximate surface area is 331 Å². The van der Waals surface area contributed by atoms with Crippen LogP contribution in [-0.2, 0) is 9.59 Å². The summed E-state index contributed by atoms with van der Waals surface area (Å²) in [5, 5.41) is 12.1. The number of nitrogens with one attached hydrogen (secondary N) is 1. The van der Waals surface area contributed by atoms with E-state index in [-0.39, 0.29) is 24.2 Å². The van der Waals surface area contributed by atoms with Crippen molar-refractivity contribution in [3.05, 3.63) is 76.1 Å². The number of imide groups is 2. The van der Waals surface area contributed by atoms with Gasteiger partial charge in [-0.15, -0.1) is 10.2 Å². The van der Waals surface area contributed by atoms with Gasteiger partial charge in [-0.2, -0.15) is 0 Å². The highest BCUT2D eigenvalue weighted by Gasteiger charge is 2.46. The highest BCUT2D eigenvalue weighted by molar-refractivity contribution is 6.33. The van der Waals surface area contributed by atoms with Gasteiger partial charge in [-0.25, -0.2) is 4.85 Å². The average molecular weight is 777 g/mol. The molecule has 6 aliphatic heterocycles. The highest BCUT2D eigenvalue weighted by atomic mass is 35.5. The number of carbonyl (C=O) groups is 4. The molecule has 7 heterocycles. The summed E-state index contributed by atoms with van der Waals surface area (Å²) in [7, 11) is 0. The van der Waals surface area contributed by atoms with Crippen LogP contribution in [0.5, 0.6) is 0 Å². The largest absolute Gasteiger partial charge is 0.371 e. The van der Waals surface area contributed by atoms with Crippen LogP contribution in [-0.4, -0.2) is 121 Å². The molecule has 0 saturated carbocycles. The second kappa shape index (κ2) is 14.4. The van der Waals surface area contributed by atoms with Crippen LogP contribution in [0, 0.1) is 17.9 Å². The zero-order valence-corrected chi connectivity index (χ0v) is 32.2. The molecule has 14 nitrogen and oxygen atoms in total. The van der Waals surface area contributed by atoms with Crippen LogP contribution in [0.15, 0.2) is 48.5 Å². The van der Waals surface area contributed by atoms with Gasteiger partial charge in [0.25, 0.3) is 11.8 Å².